The highest BCUT2D eigenvalue weighted by Gasteiger charge is 2.06. The fourth-order valence-corrected chi connectivity index (χ4v) is 2.09. The molecule has 0 aliphatic carbocycles. The van der Waals surface area contributed by atoms with Crippen LogP contribution in [0.1, 0.15) is 32.8 Å². The fourth-order valence-electron chi connectivity index (χ4n) is 1.88. The van der Waals surface area contributed by atoms with E-state index in [1.54, 1.807) is 0 Å². The van der Waals surface area contributed by atoms with Crippen molar-refractivity contribution >= 4 is 11.6 Å². The van der Waals surface area contributed by atoms with Crippen molar-refractivity contribution in [1.82, 2.24) is 5.32 Å². The average Bonchev–Trinajstić information content (AvgIpc) is 2.27. The van der Waals surface area contributed by atoms with E-state index in [2.05, 4.69) is 38.2 Å². The van der Waals surface area contributed by atoms with Gasteiger partial charge in [0.1, 0.15) is 0 Å². The van der Waals surface area contributed by atoms with Gasteiger partial charge in [-0.25, -0.2) is 0 Å². The summed E-state index contributed by atoms with van der Waals surface area (Å²) in [6, 6.07) is 8.15. The molecule has 0 saturated heterocycles. The maximum absolute atomic E-state index is 6.16. The van der Waals surface area contributed by atoms with Crippen LogP contribution in [0.25, 0.3) is 0 Å². The summed E-state index contributed by atoms with van der Waals surface area (Å²) in [5.41, 5.74) is 1.27. The molecule has 0 bridgehead atoms. The lowest BCUT2D eigenvalue weighted by Crippen LogP contribution is -2.22. The van der Waals surface area contributed by atoms with Gasteiger partial charge < -0.3 is 5.32 Å². The van der Waals surface area contributed by atoms with Crippen LogP contribution in [0.4, 0.5) is 0 Å². The molecule has 0 amide bonds. The van der Waals surface area contributed by atoms with Crippen molar-refractivity contribution in [3.63, 3.8) is 0 Å². The minimum Gasteiger partial charge on any atom is -0.316 e. The molecule has 0 aromatic heterocycles. The molecule has 0 heterocycles. The third kappa shape index (κ3) is 6.09. The van der Waals surface area contributed by atoms with E-state index in [-0.39, 0.29) is 0 Å². The lowest BCUT2D eigenvalue weighted by atomic mass is 9.98. The van der Waals surface area contributed by atoms with E-state index in [1.807, 2.05) is 12.1 Å². The van der Waals surface area contributed by atoms with Gasteiger partial charge in [-0.1, -0.05) is 50.6 Å². The van der Waals surface area contributed by atoms with Gasteiger partial charge in [0.2, 0.25) is 0 Å². The van der Waals surface area contributed by atoms with Gasteiger partial charge in [-0.15, -0.1) is 0 Å². The third-order valence-corrected chi connectivity index (χ3v) is 3.26. The highest BCUT2D eigenvalue weighted by molar-refractivity contribution is 6.31. The van der Waals surface area contributed by atoms with Gasteiger partial charge in [0.05, 0.1) is 0 Å². The minimum atomic E-state index is 0.676. The first-order chi connectivity index (χ1) is 8.09. The zero-order valence-corrected chi connectivity index (χ0v) is 11.9. The van der Waals surface area contributed by atoms with Crippen molar-refractivity contribution in [2.45, 2.75) is 33.6 Å². The van der Waals surface area contributed by atoms with Crippen molar-refractivity contribution in [2.24, 2.45) is 11.8 Å². The molecule has 1 N–H and O–H groups in total. The number of rotatable bonds is 7. The average molecular weight is 254 g/mol. The molecule has 17 heavy (non-hydrogen) atoms. The van der Waals surface area contributed by atoms with E-state index in [0.717, 1.165) is 30.5 Å². The molecular formula is C15H24ClN. The molecule has 1 aromatic rings. The van der Waals surface area contributed by atoms with Gasteiger partial charge in [-0.2, -0.15) is 0 Å². The summed E-state index contributed by atoms with van der Waals surface area (Å²) in [5.74, 6) is 1.41. The van der Waals surface area contributed by atoms with Crippen LogP contribution in [-0.2, 0) is 6.42 Å². The Morgan fingerprint density at radius 3 is 2.53 bits per heavy atom. The van der Waals surface area contributed by atoms with Crippen LogP contribution in [0.15, 0.2) is 24.3 Å². The van der Waals surface area contributed by atoms with E-state index < -0.39 is 0 Å². The molecule has 1 rings (SSSR count). The highest BCUT2D eigenvalue weighted by Crippen LogP contribution is 2.19. The molecule has 1 aromatic carbocycles. The molecule has 1 atom stereocenters. The van der Waals surface area contributed by atoms with Crippen LogP contribution in [0.5, 0.6) is 0 Å². The summed E-state index contributed by atoms with van der Waals surface area (Å²) in [6.07, 6.45) is 2.28. The molecule has 0 saturated carbocycles. The summed E-state index contributed by atoms with van der Waals surface area (Å²) in [6.45, 7) is 8.98. The Balaban J connectivity index is 2.25. The fraction of sp³-hybridized carbons (Fsp3) is 0.600. The first-order valence-electron chi connectivity index (χ1n) is 6.53. The SMILES string of the molecule is CC(C)CNCCC(C)Cc1ccccc1Cl. The smallest absolute Gasteiger partial charge is 0.0438 e. The van der Waals surface area contributed by atoms with Gasteiger partial charge in [0, 0.05) is 5.02 Å². The quantitative estimate of drug-likeness (QED) is 0.720. The minimum absolute atomic E-state index is 0.676. The van der Waals surface area contributed by atoms with Crippen LogP contribution >= 0.6 is 11.6 Å². The summed E-state index contributed by atoms with van der Waals surface area (Å²) in [7, 11) is 0. The normalized spacial score (nSPS) is 13.0. The van der Waals surface area contributed by atoms with Gasteiger partial charge in [-0.05, 0) is 49.4 Å². The zero-order chi connectivity index (χ0) is 12.7. The molecule has 96 valence electrons. The van der Waals surface area contributed by atoms with Crippen LogP contribution in [0.2, 0.25) is 5.02 Å². The van der Waals surface area contributed by atoms with Crippen molar-refractivity contribution in [2.75, 3.05) is 13.1 Å². The second kappa shape index (κ2) is 7.73. The molecule has 0 aliphatic heterocycles. The molecule has 0 spiro atoms. The maximum atomic E-state index is 6.16. The number of hydrogen-bond acceptors (Lipinski definition) is 1. The molecule has 1 nitrogen and oxygen atoms in total. The third-order valence-electron chi connectivity index (χ3n) is 2.89. The van der Waals surface area contributed by atoms with E-state index in [9.17, 15) is 0 Å². The Morgan fingerprint density at radius 1 is 1.18 bits per heavy atom. The van der Waals surface area contributed by atoms with Crippen LogP contribution in [0.3, 0.4) is 0 Å². The lowest BCUT2D eigenvalue weighted by Gasteiger charge is -2.13. The molecule has 0 fully saturated rings. The number of halogens is 1. The Hall–Kier alpha value is -0.530. The van der Waals surface area contributed by atoms with Gasteiger partial charge in [-0.3, -0.25) is 0 Å². The number of benzene rings is 1. The summed E-state index contributed by atoms with van der Waals surface area (Å²) in [5, 5.41) is 4.38. The largest absolute Gasteiger partial charge is 0.316 e. The second-order valence-electron chi connectivity index (χ2n) is 5.29. The molecular weight excluding hydrogens is 230 g/mol. The van der Waals surface area contributed by atoms with Crippen molar-refractivity contribution in [3.05, 3.63) is 34.9 Å². The number of hydrogen-bond donors (Lipinski definition) is 1. The van der Waals surface area contributed by atoms with Crippen molar-refractivity contribution in [3.8, 4) is 0 Å². The summed E-state index contributed by atoms with van der Waals surface area (Å²) < 4.78 is 0. The molecule has 1 unspecified atom stereocenters. The standard InChI is InChI=1S/C15H24ClN/c1-12(2)11-17-9-8-13(3)10-14-6-4-5-7-15(14)16/h4-7,12-13,17H,8-11H2,1-3H3. The summed E-state index contributed by atoms with van der Waals surface area (Å²) >= 11 is 6.16. The Morgan fingerprint density at radius 2 is 1.88 bits per heavy atom. The topological polar surface area (TPSA) is 12.0 Å². The van der Waals surface area contributed by atoms with Crippen molar-refractivity contribution in [1.29, 1.82) is 0 Å². The van der Waals surface area contributed by atoms with Crippen LogP contribution in [0, 0.1) is 11.8 Å². The van der Waals surface area contributed by atoms with Crippen LogP contribution in [-0.4, -0.2) is 13.1 Å². The van der Waals surface area contributed by atoms with E-state index in [0.29, 0.717) is 5.92 Å². The lowest BCUT2D eigenvalue weighted by molar-refractivity contribution is 0.474. The molecule has 0 radical (unpaired) electrons. The maximum Gasteiger partial charge on any atom is 0.0438 e. The predicted octanol–water partition coefficient (Wildman–Crippen LogP) is 4.15. The molecule has 0 aliphatic rings. The van der Waals surface area contributed by atoms with Crippen LogP contribution < -0.4 is 5.32 Å². The first-order valence-corrected chi connectivity index (χ1v) is 6.91. The Kier molecular flexibility index (Phi) is 6.61. The number of nitrogens with one attached hydrogen (secondary N) is 1. The zero-order valence-electron chi connectivity index (χ0n) is 11.2. The Bertz CT molecular complexity index is 322. The first kappa shape index (κ1) is 14.5. The highest BCUT2D eigenvalue weighted by atomic mass is 35.5. The monoisotopic (exact) mass is 253 g/mol. The van der Waals surface area contributed by atoms with E-state index in [4.69, 9.17) is 11.6 Å². The van der Waals surface area contributed by atoms with E-state index in [1.165, 1.54) is 12.0 Å². The van der Waals surface area contributed by atoms with Gasteiger partial charge in [0.15, 0.2) is 0 Å². The predicted molar refractivity (Wildman–Crippen MR) is 76.6 cm³/mol. The van der Waals surface area contributed by atoms with Gasteiger partial charge in [0.25, 0.3) is 0 Å². The van der Waals surface area contributed by atoms with Crippen molar-refractivity contribution < 1.29 is 0 Å². The van der Waals surface area contributed by atoms with E-state index >= 15 is 0 Å². The van der Waals surface area contributed by atoms with Gasteiger partial charge >= 0.3 is 0 Å². The molecule has 2 heteroatoms. The second-order valence-corrected chi connectivity index (χ2v) is 5.69. The summed E-state index contributed by atoms with van der Waals surface area (Å²) in [4.78, 5) is 0. The Labute approximate surface area is 111 Å².